The maximum absolute atomic E-state index is 12.0. The fourth-order valence-corrected chi connectivity index (χ4v) is 2.53. The van der Waals surface area contributed by atoms with Gasteiger partial charge in [-0.25, -0.2) is 0 Å². The lowest BCUT2D eigenvalue weighted by Gasteiger charge is -2.30. The minimum Gasteiger partial charge on any atom is -0.352 e. The van der Waals surface area contributed by atoms with Gasteiger partial charge in [0, 0.05) is 37.7 Å². The van der Waals surface area contributed by atoms with Crippen LogP contribution >= 0.6 is 12.4 Å². The number of nitrogens with zero attached hydrogens (tertiary/aromatic N) is 1. The normalized spacial score (nSPS) is 17.5. The highest BCUT2D eigenvalue weighted by Crippen LogP contribution is 2.10. The van der Waals surface area contributed by atoms with Crippen LogP contribution in [-0.4, -0.2) is 42.4 Å². The minimum absolute atomic E-state index is 0. The summed E-state index contributed by atoms with van der Waals surface area (Å²) in [5.74, 6) is 0.0437. The first-order valence-corrected chi connectivity index (χ1v) is 7.53. The summed E-state index contributed by atoms with van der Waals surface area (Å²) in [6.45, 7) is 1.98. The lowest BCUT2D eigenvalue weighted by atomic mass is 10.1. The highest BCUT2D eigenvalue weighted by molar-refractivity contribution is 5.94. The number of hydrogen-bond donors (Lipinski definition) is 2. The summed E-state index contributed by atoms with van der Waals surface area (Å²) in [7, 11) is 0. The van der Waals surface area contributed by atoms with Gasteiger partial charge in [-0.1, -0.05) is 18.2 Å². The second kappa shape index (κ2) is 9.43. The number of likely N-dealkylation sites (tertiary alicyclic amines) is 1. The molecule has 0 saturated carbocycles. The Morgan fingerprint density at radius 2 is 2.00 bits per heavy atom. The number of nitrogens with two attached hydrogens (primary N) is 1. The van der Waals surface area contributed by atoms with Crippen LogP contribution in [0.3, 0.4) is 0 Å². The molecule has 122 valence electrons. The minimum atomic E-state index is -0.0944. The summed E-state index contributed by atoms with van der Waals surface area (Å²) in [5, 5.41) is 2.83. The number of hydrogen-bond acceptors (Lipinski definition) is 3. The Bertz CT molecular complexity index is 482. The SMILES string of the molecule is Cl.NC1CCCN(C(=O)CCCNC(=O)c2ccccc2)C1. The van der Waals surface area contributed by atoms with Crippen LogP contribution in [0.25, 0.3) is 0 Å². The summed E-state index contributed by atoms with van der Waals surface area (Å²) in [6, 6.07) is 9.19. The highest BCUT2D eigenvalue weighted by atomic mass is 35.5. The van der Waals surface area contributed by atoms with E-state index in [2.05, 4.69) is 5.32 Å². The molecule has 1 atom stereocenters. The summed E-state index contributed by atoms with van der Waals surface area (Å²) >= 11 is 0. The second-order valence-electron chi connectivity index (χ2n) is 5.47. The van der Waals surface area contributed by atoms with E-state index >= 15 is 0 Å². The van der Waals surface area contributed by atoms with E-state index in [9.17, 15) is 9.59 Å². The maximum Gasteiger partial charge on any atom is 0.251 e. The van der Waals surface area contributed by atoms with Gasteiger partial charge in [-0.15, -0.1) is 12.4 Å². The van der Waals surface area contributed by atoms with Gasteiger partial charge in [-0.05, 0) is 31.4 Å². The molecule has 1 aliphatic heterocycles. The molecule has 2 rings (SSSR count). The zero-order valence-corrected chi connectivity index (χ0v) is 13.5. The zero-order valence-electron chi connectivity index (χ0n) is 12.7. The fourth-order valence-electron chi connectivity index (χ4n) is 2.53. The van der Waals surface area contributed by atoms with Crippen molar-refractivity contribution < 1.29 is 9.59 Å². The van der Waals surface area contributed by atoms with Gasteiger partial charge in [0.1, 0.15) is 0 Å². The Morgan fingerprint density at radius 3 is 2.68 bits per heavy atom. The van der Waals surface area contributed by atoms with Crippen molar-refractivity contribution in [1.29, 1.82) is 0 Å². The standard InChI is InChI=1S/C16H23N3O2.ClH/c17-14-8-5-11-19(12-14)15(20)9-4-10-18-16(21)13-6-2-1-3-7-13;/h1-3,6-7,14H,4-5,8-12,17H2,(H,18,21);1H. The lowest BCUT2D eigenvalue weighted by Crippen LogP contribution is -2.45. The van der Waals surface area contributed by atoms with E-state index in [1.807, 2.05) is 23.1 Å². The van der Waals surface area contributed by atoms with Crippen molar-refractivity contribution in [3.63, 3.8) is 0 Å². The smallest absolute Gasteiger partial charge is 0.251 e. The third kappa shape index (κ3) is 5.66. The predicted octanol–water partition coefficient (Wildman–Crippen LogP) is 1.57. The monoisotopic (exact) mass is 325 g/mol. The van der Waals surface area contributed by atoms with Crippen molar-refractivity contribution in [3.05, 3.63) is 35.9 Å². The van der Waals surface area contributed by atoms with E-state index in [0.717, 1.165) is 19.4 Å². The molecular formula is C16H24ClN3O2. The molecule has 5 nitrogen and oxygen atoms in total. The number of nitrogens with one attached hydrogen (secondary N) is 1. The largest absolute Gasteiger partial charge is 0.352 e. The molecule has 1 aromatic rings. The molecule has 6 heteroatoms. The second-order valence-corrected chi connectivity index (χ2v) is 5.47. The van der Waals surface area contributed by atoms with Gasteiger partial charge in [0.25, 0.3) is 5.91 Å². The molecule has 0 aliphatic carbocycles. The number of piperidine rings is 1. The van der Waals surface area contributed by atoms with Gasteiger partial charge in [0.2, 0.25) is 5.91 Å². The van der Waals surface area contributed by atoms with Gasteiger partial charge in [-0.3, -0.25) is 9.59 Å². The van der Waals surface area contributed by atoms with Crippen molar-refractivity contribution in [3.8, 4) is 0 Å². The average molecular weight is 326 g/mol. The first-order valence-electron chi connectivity index (χ1n) is 7.53. The molecule has 0 spiro atoms. The maximum atomic E-state index is 12.0. The number of rotatable bonds is 5. The van der Waals surface area contributed by atoms with Crippen molar-refractivity contribution in [1.82, 2.24) is 10.2 Å². The molecule has 3 N–H and O–H groups in total. The van der Waals surface area contributed by atoms with E-state index in [0.29, 0.717) is 31.5 Å². The van der Waals surface area contributed by atoms with Crippen LogP contribution < -0.4 is 11.1 Å². The molecule has 1 aliphatic rings. The van der Waals surface area contributed by atoms with E-state index in [1.165, 1.54) is 0 Å². The predicted molar refractivity (Wildman–Crippen MR) is 89.0 cm³/mol. The first kappa shape index (κ1) is 18.5. The Balaban J connectivity index is 0.00000242. The number of carbonyl (C=O) groups is 2. The summed E-state index contributed by atoms with van der Waals surface area (Å²) in [4.78, 5) is 25.7. The molecule has 22 heavy (non-hydrogen) atoms. The summed E-state index contributed by atoms with van der Waals surface area (Å²) in [6.07, 6.45) is 3.10. The number of benzene rings is 1. The van der Waals surface area contributed by atoms with Gasteiger partial charge in [0.05, 0.1) is 0 Å². The Hall–Kier alpha value is -1.59. The topological polar surface area (TPSA) is 75.4 Å². The van der Waals surface area contributed by atoms with E-state index < -0.39 is 0 Å². The molecule has 0 bridgehead atoms. The molecule has 2 amide bonds. The van der Waals surface area contributed by atoms with Gasteiger partial charge >= 0.3 is 0 Å². The lowest BCUT2D eigenvalue weighted by molar-refractivity contribution is -0.132. The number of amides is 2. The Morgan fingerprint density at radius 1 is 1.27 bits per heavy atom. The van der Waals surface area contributed by atoms with E-state index in [-0.39, 0.29) is 30.3 Å². The van der Waals surface area contributed by atoms with Gasteiger partial charge < -0.3 is 16.0 Å². The van der Waals surface area contributed by atoms with Crippen LogP contribution in [0.1, 0.15) is 36.0 Å². The molecule has 1 saturated heterocycles. The molecular weight excluding hydrogens is 302 g/mol. The van der Waals surface area contributed by atoms with Crippen LogP contribution in [0, 0.1) is 0 Å². The molecule has 1 fully saturated rings. The first-order chi connectivity index (χ1) is 10.2. The summed E-state index contributed by atoms with van der Waals surface area (Å²) < 4.78 is 0. The van der Waals surface area contributed by atoms with E-state index in [1.54, 1.807) is 12.1 Å². The van der Waals surface area contributed by atoms with Gasteiger partial charge in [-0.2, -0.15) is 0 Å². The van der Waals surface area contributed by atoms with Crippen LogP contribution in [-0.2, 0) is 4.79 Å². The zero-order chi connectivity index (χ0) is 15.1. The van der Waals surface area contributed by atoms with Crippen molar-refractivity contribution in [2.75, 3.05) is 19.6 Å². The Kier molecular flexibility index (Phi) is 7.91. The van der Waals surface area contributed by atoms with Crippen LogP contribution in [0.15, 0.2) is 30.3 Å². The third-order valence-corrected chi connectivity index (χ3v) is 3.70. The van der Waals surface area contributed by atoms with Crippen molar-refractivity contribution in [2.24, 2.45) is 5.73 Å². The average Bonchev–Trinajstić information content (AvgIpc) is 2.52. The molecule has 0 radical (unpaired) electrons. The molecule has 0 aromatic heterocycles. The number of carbonyl (C=O) groups excluding carboxylic acids is 2. The van der Waals surface area contributed by atoms with Crippen LogP contribution in [0.5, 0.6) is 0 Å². The van der Waals surface area contributed by atoms with Crippen molar-refractivity contribution >= 4 is 24.2 Å². The quantitative estimate of drug-likeness (QED) is 0.807. The van der Waals surface area contributed by atoms with Gasteiger partial charge in [0.15, 0.2) is 0 Å². The molecule has 1 unspecified atom stereocenters. The third-order valence-electron chi connectivity index (χ3n) is 3.70. The number of halogens is 1. The van der Waals surface area contributed by atoms with E-state index in [4.69, 9.17) is 5.73 Å². The van der Waals surface area contributed by atoms with Crippen LogP contribution in [0.2, 0.25) is 0 Å². The van der Waals surface area contributed by atoms with Crippen LogP contribution in [0.4, 0.5) is 0 Å². The summed E-state index contributed by atoms with van der Waals surface area (Å²) in [5.41, 5.74) is 6.52. The molecule has 1 heterocycles. The highest BCUT2D eigenvalue weighted by Gasteiger charge is 2.20. The Labute approximate surface area is 137 Å². The molecule has 1 aromatic carbocycles. The fraction of sp³-hybridized carbons (Fsp3) is 0.500. The van der Waals surface area contributed by atoms with Crippen molar-refractivity contribution in [2.45, 2.75) is 31.7 Å².